The number of esters is 1. The van der Waals surface area contributed by atoms with Crippen LogP contribution in [0.5, 0.6) is 0 Å². The van der Waals surface area contributed by atoms with Crippen molar-refractivity contribution < 1.29 is 34.4 Å². The van der Waals surface area contributed by atoms with Crippen LogP contribution in [0.15, 0.2) is 49.1 Å². The smallest absolute Gasteiger partial charge is 0.336 e. The molecule has 0 atom stereocenters. The fourth-order valence-electron chi connectivity index (χ4n) is 3.06. The van der Waals surface area contributed by atoms with Crippen LogP contribution in [0.25, 0.3) is 11.1 Å². The van der Waals surface area contributed by atoms with Gasteiger partial charge >= 0.3 is 17.9 Å². The summed E-state index contributed by atoms with van der Waals surface area (Å²) in [6, 6.07) is 10.2. The Morgan fingerprint density at radius 1 is 1.04 bits per heavy atom. The van der Waals surface area contributed by atoms with Crippen molar-refractivity contribution in [3.8, 4) is 11.1 Å². The maximum atomic E-state index is 11.8. The first-order valence-electron chi connectivity index (χ1n) is 8.51. The lowest BCUT2D eigenvalue weighted by Crippen LogP contribution is -2.16. The molecule has 2 rings (SSSR count). The van der Waals surface area contributed by atoms with Crippen molar-refractivity contribution in [2.45, 2.75) is 12.8 Å². The molecule has 0 fully saturated rings. The van der Waals surface area contributed by atoms with E-state index in [0.29, 0.717) is 16.7 Å². The number of aromatic carboxylic acids is 2. The summed E-state index contributed by atoms with van der Waals surface area (Å²) in [4.78, 5) is 34.8. The highest BCUT2D eigenvalue weighted by Crippen LogP contribution is 2.34. The number of carboxylic acids is 2. The standard InChI is InChI=1S/C21H20O7/c1-2-17(23)28-11-9-14-12-16(20(24)25)19(21(26)27)15(8-10-22)18(14)13-6-4-3-5-7-13/h2-7,12,22H,1,8-11H2,(H,24,25)(H,26,27). The summed E-state index contributed by atoms with van der Waals surface area (Å²) < 4.78 is 4.99. The van der Waals surface area contributed by atoms with Crippen LogP contribution < -0.4 is 0 Å². The zero-order chi connectivity index (χ0) is 20.7. The first-order valence-corrected chi connectivity index (χ1v) is 8.51. The molecule has 0 spiro atoms. The van der Waals surface area contributed by atoms with Crippen LogP contribution in [0.1, 0.15) is 31.8 Å². The first-order chi connectivity index (χ1) is 13.4. The van der Waals surface area contributed by atoms with E-state index in [1.54, 1.807) is 30.3 Å². The molecule has 7 nitrogen and oxygen atoms in total. The average molecular weight is 384 g/mol. The quantitative estimate of drug-likeness (QED) is 0.449. The number of carbonyl (C=O) groups is 3. The second-order valence-corrected chi connectivity index (χ2v) is 5.88. The van der Waals surface area contributed by atoms with Gasteiger partial charge in [0.25, 0.3) is 0 Å². The van der Waals surface area contributed by atoms with Gasteiger partial charge in [-0.1, -0.05) is 36.9 Å². The van der Waals surface area contributed by atoms with E-state index in [1.807, 2.05) is 0 Å². The largest absolute Gasteiger partial charge is 0.478 e. The number of ether oxygens (including phenoxy) is 1. The van der Waals surface area contributed by atoms with Gasteiger partial charge < -0.3 is 20.1 Å². The van der Waals surface area contributed by atoms with Crippen molar-refractivity contribution >= 4 is 17.9 Å². The van der Waals surface area contributed by atoms with Gasteiger partial charge in [0.1, 0.15) is 0 Å². The van der Waals surface area contributed by atoms with Gasteiger partial charge in [0.2, 0.25) is 0 Å². The van der Waals surface area contributed by atoms with Crippen LogP contribution in [0.3, 0.4) is 0 Å². The summed E-state index contributed by atoms with van der Waals surface area (Å²) >= 11 is 0. The zero-order valence-electron chi connectivity index (χ0n) is 15.1. The second kappa shape index (κ2) is 9.48. The van der Waals surface area contributed by atoms with Crippen molar-refractivity contribution in [1.82, 2.24) is 0 Å². The summed E-state index contributed by atoms with van der Waals surface area (Å²) in [6.45, 7) is 2.93. The lowest BCUT2D eigenvalue weighted by molar-refractivity contribution is -0.137. The molecule has 28 heavy (non-hydrogen) atoms. The minimum atomic E-state index is -1.39. The molecule has 2 aromatic carbocycles. The van der Waals surface area contributed by atoms with Gasteiger partial charge in [0.05, 0.1) is 17.7 Å². The highest BCUT2D eigenvalue weighted by molar-refractivity contribution is 6.05. The van der Waals surface area contributed by atoms with Crippen LogP contribution >= 0.6 is 0 Å². The average Bonchev–Trinajstić information content (AvgIpc) is 2.67. The van der Waals surface area contributed by atoms with Crippen molar-refractivity contribution in [2.75, 3.05) is 13.2 Å². The molecule has 0 aliphatic heterocycles. The van der Waals surface area contributed by atoms with Crippen LogP contribution in [-0.2, 0) is 22.4 Å². The Morgan fingerprint density at radius 2 is 1.71 bits per heavy atom. The molecular weight excluding hydrogens is 364 g/mol. The van der Waals surface area contributed by atoms with Gasteiger partial charge in [-0.05, 0) is 34.7 Å². The summed E-state index contributed by atoms with van der Waals surface area (Å²) in [5.74, 6) is -3.39. The third kappa shape index (κ3) is 4.63. The summed E-state index contributed by atoms with van der Waals surface area (Å²) in [6.07, 6.45) is 1.15. The van der Waals surface area contributed by atoms with E-state index in [4.69, 9.17) is 4.74 Å². The summed E-state index contributed by atoms with van der Waals surface area (Å²) in [7, 11) is 0. The van der Waals surface area contributed by atoms with Gasteiger partial charge in [0.15, 0.2) is 0 Å². The molecule has 0 saturated heterocycles. The zero-order valence-corrected chi connectivity index (χ0v) is 15.1. The van der Waals surface area contributed by atoms with E-state index >= 15 is 0 Å². The normalized spacial score (nSPS) is 10.3. The monoisotopic (exact) mass is 384 g/mol. The number of carbonyl (C=O) groups excluding carboxylic acids is 1. The summed E-state index contributed by atoms with van der Waals surface area (Å²) in [5.41, 5.74) is 1.20. The highest BCUT2D eigenvalue weighted by atomic mass is 16.5. The number of aliphatic hydroxyl groups excluding tert-OH is 1. The van der Waals surface area contributed by atoms with Crippen LogP contribution in [0, 0.1) is 0 Å². The molecule has 0 amide bonds. The maximum Gasteiger partial charge on any atom is 0.336 e. The molecule has 7 heteroatoms. The highest BCUT2D eigenvalue weighted by Gasteiger charge is 2.26. The Morgan fingerprint density at radius 3 is 2.25 bits per heavy atom. The van der Waals surface area contributed by atoms with Crippen molar-refractivity contribution in [2.24, 2.45) is 0 Å². The predicted octanol–water partition coefficient (Wildman–Crippen LogP) is 2.56. The molecule has 0 aliphatic carbocycles. The van der Waals surface area contributed by atoms with Gasteiger partial charge in [0, 0.05) is 19.1 Å². The molecular formula is C21H20O7. The van der Waals surface area contributed by atoms with E-state index in [2.05, 4.69) is 6.58 Å². The lowest BCUT2D eigenvalue weighted by Gasteiger charge is -2.19. The van der Waals surface area contributed by atoms with Crippen LogP contribution in [-0.4, -0.2) is 46.4 Å². The molecule has 0 bridgehead atoms. The minimum Gasteiger partial charge on any atom is -0.478 e. The Hall–Kier alpha value is -3.45. The van der Waals surface area contributed by atoms with Crippen molar-refractivity contribution in [1.29, 1.82) is 0 Å². The van der Waals surface area contributed by atoms with Gasteiger partial charge in [-0.15, -0.1) is 0 Å². The number of hydrogen-bond donors (Lipinski definition) is 3. The number of benzene rings is 2. The second-order valence-electron chi connectivity index (χ2n) is 5.88. The van der Waals surface area contributed by atoms with Crippen LogP contribution in [0.2, 0.25) is 0 Å². The number of rotatable bonds is 9. The van der Waals surface area contributed by atoms with E-state index in [-0.39, 0.29) is 42.7 Å². The molecule has 0 aliphatic rings. The molecule has 146 valence electrons. The summed E-state index contributed by atoms with van der Waals surface area (Å²) in [5, 5.41) is 28.6. The van der Waals surface area contributed by atoms with Crippen molar-refractivity contribution in [3.63, 3.8) is 0 Å². The van der Waals surface area contributed by atoms with E-state index in [9.17, 15) is 29.7 Å². The van der Waals surface area contributed by atoms with Crippen LogP contribution in [0.4, 0.5) is 0 Å². The van der Waals surface area contributed by atoms with E-state index in [1.165, 1.54) is 6.07 Å². The fraction of sp³-hybridized carbons (Fsp3) is 0.190. The van der Waals surface area contributed by atoms with Gasteiger partial charge in [-0.3, -0.25) is 0 Å². The SMILES string of the molecule is C=CC(=O)OCCc1cc(C(=O)O)c(C(=O)O)c(CCO)c1-c1ccccc1. The third-order valence-electron chi connectivity index (χ3n) is 4.16. The molecule has 0 unspecified atom stereocenters. The molecule has 3 N–H and O–H groups in total. The molecule has 0 radical (unpaired) electrons. The number of carboxylic acid groups (broad SMARTS) is 2. The van der Waals surface area contributed by atoms with E-state index < -0.39 is 17.9 Å². The van der Waals surface area contributed by atoms with E-state index in [0.717, 1.165) is 6.08 Å². The lowest BCUT2D eigenvalue weighted by atomic mass is 9.85. The number of aliphatic hydroxyl groups is 1. The minimum absolute atomic E-state index is 0.0330. The Labute approximate surface area is 161 Å². The fourth-order valence-corrected chi connectivity index (χ4v) is 3.06. The predicted molar refractivity (Wildman–Crippen MR) is 101 cm³/mol. The third-order valence-corrected chi connectivity index (χ3v) is 4.16. The van der Waals surface area contributed by atoms with Crippen molar-refractivity contribution in [3.05, 3.63) is 71.3 Å². The molecule has 2 aromatic rings. The Balaban J connectivity index is 2.73. The maximum absolute atomic E-state index is 11.8. The topological polar surface area (TPSA) is 121 Å². The Kier molecular flexibility index (Phi) is 7.06. The Bertz CT molecular complexity index is 901. The first kappa shape index (κ1) is 20.9. The molecule has 0 saturated carbocycles. The molecule has 0 aromatic heterocycles. The van der Waals surface area contributed by atoms with Gasteiger partial charge in [-0.2, -0.15) is 0 Å². The number of hydrogen-bond acceptors (Lipinski definition) is 5. The molecule has 0 heterocycles. The van der Waals surface area contributed by atoms with Gasteiger partial charge in [-0.25, -0.2) is 14.4 Å².